The van der Waals surface area contributed by atoms with E-state index < -0.39 is 0 Å². The fourth-order valence-corrected chi connectivity index (χ4v) is 4.94. The van der Waals surface area contributed by atoms with Crippen molar-refractivity contribution >= 4 is 28.4 Å². The minimum absolute atomic E-state index is 0.0679. The maximum Gasteiger partial charge on any atom is 0.225 e. The molecule has 1 unspecified atom stereocenters. The first-order chi connectivity index (χ1) is 15.5. The first-order valence-corrected chi connectivity index (χ1v) is 11.3. The van der Waals surface area contributed by atoms with Gasteiger partial charge in [-0.2, -0.15) is 0 Å². The standard InChI is InChI=1S/C27H25ClN2O2/c1-18-6-7-20-10-13-29(24(20)16-18)14-12-26(32)30-15-11-19-4-2-3-5-22(19)27(30)23-17-21(28)8-9-25(23)31/h2-10,13,16-17,27,31H,11-12,14-15H2,1H3. The van der Waals surface area contributed by atoms with Gasteiger partial charge in [0.15, 0.2) is 0 Å². The summed E-state index contributed by atoms with van der Waals surface area (Å²) < 4.78 is 2.14. The quantitative estimate of drug-likeness (QED) is 0.427. The van der Waals surface area contributed by atoms with Crippen molar-refractivity contribution in [1.29, 1.82) is 0 Å². The summed E-state index contributed by atoms with van der Waals surface area (Å²) in [4.78, 5) is 15.4. The summed E-state index contributed by atoms with van der Waals surface area (Å²) in [6, 6.07) is 21.3. The van der Waals surface area contributed by atoms with Gasteiger partial charge in [0.1, 0.15) is 5.75 Å². The minimum atomic E-state index is -0.352. The monoisotopic (exact) mass is 444 g/mol. The Morgan fingerprint density at radius 2 is 1.91 bits per heavy atom. The molecule has 5 rings (SSSR count). The number of fused-ring (bicyclic) bond motifs is 2. The average molecular weight is 445 g/mol. The average Bonchev–Trinajstić information content (AvgIpc) is 3.20. The molecule has 1 amide bonds. The van der Waals surface area contributed by atoms with Gasteiger partial charge in [0.25, 0.3) is 0 Å². The van der Waals surface area contributed by atoms with Gasteiger partial charge in [-0.25, -0.2) is 0 Å². The molecule has 0 saturated carbocycles. The summed E-state index contributed by atoms with van der Waals surface area (Å²) >= 11 is 6.27. The number of amides is 1. The Morgan fingerprint density at radius 1 is 1.06 bits per heavy atom. The molecular formula is C27H25ClN2O2. The largest absolute Gasteiger partial charge is 0.508 e. The highest BCUT2D eigenvalue weighted by Gasteiger charge is 2.33. The maximum atomic E-state index is 13.5. The molecule has 3 aromatic carbocycles. The summed E-state index contributed by atoms with van der Waals surface area (Å²) in [5.74, 6) is 0.221. The van der Waals surface area contributed by atoms with Crippen LogP contribution in [0.1, 0.15) is 34.7 Å². The number of phenols is 1. The van der Waals surface area contributed by atoms with Crippen molar-refractivity contribution in [2.24, 2.45) is 0 Å². The molecule has 1 aromatic heterocycles. The summed E-state index contributed by atoms with van der Waals surface area (Å²) in [5.41, 5.74) is 5.26. The highest BCUT2D eigenvalue weighted by molar-refractivity contribution is 6.30. The van der Waals surface area contributed by atoms with Crippen LogP contribution in [0.25, 0.3) is 10.9 Å². The van der Waals surface area contributed by atoms with Crippen molar-refractivity contribution < 1.29 is 9.90 Å². The second kappa shape index (κ2) is 8.36. The van der Waals surface area contributed by atoms with Gasteiger partial charge in [0, 0.05) is 41.8 Å². The van der Waals surface area contributed by atoms with Crippen molar-refractivity contribution in [2.45, 2.75) is 32.4 Å². The number of aromatic hydroxyl groups is 1. The molecule has 0 radical (unpaired) electrons. The molecule has 0 fully saturated rings. The van der Waals surface area contributed by atoms with Crippen LogP contribution in [0.4, 0.5) is 0 Å². The lowest BCUT2D eigenvalue weighted by atomic mass is 9.87. The number of carbonyl (C=O) groups excluding carboxylic acids is 1. The number of hydrogen-bond donors (Lipinski definition) is 1. The second-order valence-corrected chi connectivity index (χ2v) is 8.90. The molecule has 4 aromatic rings. The zero-order chi connectivity index (χ0) is 22.2. The first-order valence-electron chi connectivity index (χ1n) is 10.9. The van der Waals surface area contributed by atoms with E-state index in [1.54, 1.807) is 18.2 Å². The molecule has 1 atom stereocenters. The van der Waals surface area contributed by atoms with Gasteiger partial charge in [-0.15, -0.1) is 0 Å². The first kappa shape index (κ1) is 20.7. The van der Waals surface area contributed by atoms with E-state index in [1.807, 2.05) is 29.3 Å². The van der Waals surface area contributed by atoms with Crippen LogP contribution in [0.15, 0.2) is 72.9 Å². The number of phenolic OH excluding ortho intramolecular Hbond substituents is 1. The van der Waals surface area contributed by atoms with Crippen molar-refractivity contribution in [1.82, 2.24) is 9.47 Å². The molecule has 32 heavy (non-hydrogen) atoms. The summed E-state index contributed by atoms with van der Waals surface area (Å²) in [5, 5.41) is 12.4. The van der Waals surface area contributed by atoms with Crippen molar-refractivity contribution in [3.63, 3.8) is 0 Å². The lowest BCUT2D eigenvalue weighted by Gasteiger charge is -2.38. The molecule has 2 heterocycles. The van der Waals surface area contributed by atoms with E-state index in [2.05, 4.69) is 41.8 Å². The van der Waals surface area contributed by atoms with E-state index in [1.165, 1.54) is 16.5 Å². The van der Waals surface area contributed by atoms with Crippen LogP contribution >= 0.6 is 11.6 Å². The SMILES string of the molecule is Cc1ccc2ccn(CCC(=O)N3CCc4ccccc4C3c3cc(Cl)ccc3O)c2c1. The normalized spacial score (nSPS) is 15.7. The maximum absolute atomic E-state index is 13.5. The number of hydrogen-bond acceptors (Lipinski definition) is 2. The van der Waals surface area contributed by atoms with Crippen LogP contribution in [0.2, 0.25) is 5.02 Å². The predicted molar refractivity (Wildman–Crippen MR) is 128 cm³/mol. The second-order valence-electron chi connectivity index (χ2n) is 8.46. The van der Waals surface area contributed by atoms with Gasteiger partial charge in [-0.05, 0) is 65.8 Å². The van der Waals surface area contributed by atoms with Gasteiger partial charge in [0.2, 0.25) is 5.91 Å². The topological polar surface area (TPSA) is 45.5 Å². The molecule has 0 aliphatic carbocycles. The Morgan fingerprint density at radius 3 is 2.78 bits per heavy atom. The van der Waals surface area contributed by atoms with E-state index in [0.717, 1.165) is 17.5 Å². The van der Waals surface area contributed by atoms with Gasteiger partial charge in [0.05, 0.1) is 6.04 Å². The molecule has 162 valence electrons. The number of carbonyl (C=O) groups is 1. The number of aromatic nitrogens is 1. The third kappa shape index (κ3) is 3.76. The molecule has 0 bridgehead atoms. The van der Waals surface area contributed by atoms with Crippen molar-refractivity contribution in [2.75, 3.05) is 6.54 Å². The minimum Gasteiger partial charge on any atom is -0.508 e. The van der Waals surface area contributed by atoms with E-state index in [4.69, 9.17) is 11.6 Å². The van der Waals surface area contributed by atoms with E-state index in [-0.39, 0.29) is 17.7 Å². The fraction of sp³-hybridized carbons (Fsp3) is 0.222. The number of aryl methyl sites for hydroxylation is 2. The Bertz CT molecular complexity index is 1310. The third-order valence-corrected chi connectivity index (χ3v) is 6.62. The van der Waals surface area contributed by atoms with E-state index in [0.29, 0.717) is 30.1 Å². The van der Waals surface area contributed by atoms with Crippen molar-refractivity contribution in [3.05, 3.63) is 100 Å². The lowest BCUT2D eigenvalue weighted by molar-refractivity contribution is -0.133. The fourth-order valence-electron chi connectivity index (χ4n) is 4.76. The zero-order valence-electron chi connectivity index (χ0n) is 18.0. The van der Waals surface area contributed by atoms with Crippen LogP contribution in [0.3, 0.4) is 0 Å². The molecule has 1 aliphatic rings. The Labute approximate surface area is 192 Å². The van der Waals surface area contributed by atoms with Crippen LogP contribution in [-0.2, 0) is 17.8 Å². The van der Waals surface area contributed by atoms with Gasteiger partial charge in [-0.3, -0.25) is 4.79 Å². The summed E-state index contributed by atoms with van der Waals surface area (Å²) in [7, 11) is 0. The zero-order valence-corrected chi connectivity index (χ0v) is 18.7. The molecule has 0 spiro atoms. The number of nitrogens with zero attached hydrogens (tertiary/aromatic N) is 2. The lowest BCUT2D eigenvalue weighted by Crippen LogP contribution is -2.41. The van der Waals surface area contributed by atoms with Gasteiger partial charge in [-0.1, -0.05) is 48.0 Å². The van der Waals surface area contributed by atoms with Crippen LogP contribution in [0, 0.1) is 6.92 Å². The third-order valence-electron chi connectivity index (χ3n) is 6.38. The molecule has 5 heteroatoms. The molecule has 1 aliphatic heterocycles. The smallest absolute Gasteiger partial charge is 0.225 e. The number of benzene rings is 3. The molecule has 0 saturated heterocycles. The molecule has 1 N–H and O–H groups in total. The number of halogens is 1. The Balaban J connectivity index is 1.46. The molecular weight excluding hydrogens is 420 g/mol. The van der Waals surface area contributed by atoms with Crippen molar-refractivity contribution in [3.8, 4) is 5.75 Å². The highest BCUT2D eigenvalue weighted by atomic mass is 35.5. The van der Waals surface area contributed by atoms with E-state index >= 15 is 0 Å². The van der Waals surface area contributed by atoms with Gasteiger partial charge < -0.3 is 14.6 Å². The predicted octanol–water partition coefficient (Wildman–Crippen LogP) is 5.87. The highest BCUT2D eigenvalue weighted by Crippen LogP contribution is 2.40. The molecule has 4 nitrogen and oxygen atoms in total. The Kier molecular flexibility index (Phi) is 5.40. The summed E-state index contributed by atoms with van der Waals surface area (Å²) in [6.45, 7) is 3.30. The van der Waals surface area contributed by atoms with Gasteiger partial charge >= 0.3 is 0 Å². The number of rotatable bonds is 4. The van der Waals surface area contributed by atoms with Crippen LogP contribution < -0.4 is 0 Å². The summed E-state index contributed by atoms with van der Waals surface area (Å²) in [6.07, 6.45) is 3.23. The van der Waals surface area contributed by atoms with E-state index in [9.17, 15) is 9.90 Å². The van der Waals surface area contributed by atoms with Crippen LogP contribution in [0.5, 0.6) is 5.75 Å². The van der Waals surface area contributed by atoms with Crippen LogP contribution in [-0.4, -0.2) is 27.0 Å². The Hall–Kier alpha value is -3.24.